The van der Waals surface area contributed by atoms with E-state index < -0.39 is 4.92 Å². The number of aryl methyl sites for hydroxylation is 1. The maximum atomic E-state index is 10.9. The molecular formula is C14H18N4O3. The number of H-pyrrole nitrogens is 1. The first kappa shape index (κ1) is 14.8. The van der Waals surface area contributed by atoms with E-state index in [0.29, 0.717) is 12.4 Å². The van der Waals surface area contributed by atoms with Crippen molar-refractivity contribution in [1.82, 2.24) is 9.97 Å². The largest absolute Gasteiger partial charge is 0.487 e. The number of aromatic nitrogens is 2. The molecule has 2 rings (SSSR count). The lowest BCUT2D eigenvalue weighted by Crippen LogP contribution is -2.05. The van der Waals surface area contributed by atoms with E-state index in [1.54, 1.807) is 31.5 Å². The highest BCUT2D eigenvalue weighted by atomic mass is 16.6. The van der Waals surface area contributed by atoms with Crippen LogP contribution in [0.25, 0.3) is 0 Å². The average Bonchev–Trinajstić information content (AvgIpc) is 2.97. The zero-order chi connectivity index (χ0) is 15.1. The maximum absolute atomic E-state index is 10.9. The third-order valence-electron chi connectivity index (χ3n) is 2.93. The van der Waals surface area contributed by atoms with Crippen molar-refractivity contribution in [3.05, 3.63) is 46.5 Å². The molecule has 0 aliphatic heterocycles. The van der Waals surface area contributed by atoms with Crippen LogP contribution >= 0.6 is 0 Å². The zero-order valence-electron chi connectivity index (χ0n) is 11.8. The molecule has 112 valence electrons. The fourth-order valence-electron chi connectivity index (χ4n) is 1.97. The van der Waals surface area contributed by atoms with Crippen LogP contribution in [-0.2, 0) is 6.42 Å². The molecule has 0 atom stereocenters. The van der Waals surface area contributed by atoms with E-state index in [1.807, 2.05) is 0 Å². The fourth-order valence-corrected chi connectivity index (χ4v) is 1.97. The van der Waals surface area contributed by atoms with E-state index in [1.165, 1.54) is 6.07 Å². The smallest absolute Gasteiger partial charge is 0.311 e. The Kier molecular flexibility index (Phi) is 5.14. The second-order valence-electron chi connectivity index (χ2n) is 4.44. The lowest BCUT2D eigenvalue weighted by atomic mass is 10.2. The summed E-state index contributed by atoms with van der Waals surface area (Å²) in [6.07, 6.45) is 5.29. The molecule has 0 unspecified atom stereocenters. The Morgan fingerprint density at radius 2 is 2.33 bits per heavy atom. The Balaban J connectivity index is 1.90. The monoisotopic (exact) mass is 290 g/mol. The van der Waals surface area contributed by atoms with Crippen LogP contribution in [-0.4, -0.2) is 28.0 Å². The number of aromatic amines is 1. The van der Waals surface area contributed by atoms with Crippen LogP contribution in [0, 0.1) is 10.1 Å². The van der Waals surface area contributed by atoms with Crippen molar-refractivity contribution in [3.8, 4) is 5.75 Å². The lowest BCUT2D eigenvalue weighted by molar-refractivity contribution is -0.385. The van der Waals surface area contributed by atoms with Gasteiger partial charge < -0.3 is 15.0 Å². The maximum Gasteiger partial charge on any atom is 0.311 e. The molecule has 7 nitrogen and oxygen atoms in total. The van der Waals surface area contributed by atoms with Crippen LogP contribution in [0.2, 0.25) is 0 Å². The minimum atomic E-state index is -0.439. The van der Waals surface area contributed by atoms with Gasteiger partial charge in [-0.15, -0.1) is 0 Å². The predicted octanol–water partition coefficient (Wildman–Crippen LogP) is 2.76. The van der Waals surface area contributed by atoms with Gasteiger partial charge in [0.25, 0.3) is 0 Å². The molecule has 2 N–H and O–H groups in total. The van der Waals surface area contributed by atoms with Gasteiger partial charge in [-0.05, 0) is 19.4 Å². The summed E-state index contributed by atoms with van der Waals surface area (Å²) in [5, 5.41) is 14.1. The summed E-state index contributed by atoms with van der Waals surface area (Å²) in [5.41, 5.74) is 0.793. The van der Waals surface area contributed by atoms with Gasteiger partial charge in [0.05, 0.1) is 11.5 Å². The number of ether oxygens (including phenoxy) is 1. The Morgan fingerprint density at radius 3 is 3.00 bits per heavy atom. The summed E-state index contributed by atoms with van der Waals surface area (Å²) >= 11 is 0. The number of nitrogens with one attached hydrogen (secondary N) is 2. The number of benzene rings is 1. The predicted molar refractivity (Wildman–Crippen MR) is 79.7 cm³/mol. The molecule has 0 aliphatic carbocycles. The minimum absolute atomic E-state index is 0.0158. The second kappa shape index (κ2) is 7.28. The van der Waals surface area contributed by atoms with Gasteiger partial charge in [-0.3, -0.25) is 10.1 Å². The van der Waals surface area contributed by atoms with Gasteiger partial charge in [-0.2, -0.15) is 0 Å². The van der Waals surface area contributed by atoms with Gasteiger partial charge in [0.2, 0.25) is 0 Å². The van der Waals surface area contributed by atoms with Crippen LogP contribution in [0.3, 0.4) is 0 Å². The van der Waals surface area contributed by atoms with Crippen molar-refractivity contribution in [3.63, 3.8) is 0 Å². The normalized spacial score (nSPS) is 10.3. The van der Waals surface area contributed by atoms with Gasteiger partial charge in [-0.1, -0.05) is 0 Å². The SMILES string of the molecule is CCOc1cc(NCCCc2ncc[nH]2)ccc1[N+](=O)[O-]. The molecule has 0 radical (unpaired) electrons. The standard InChI is InChI=1S/C14H18N4O3/c1-2-21-13-10-11(5-6-12(13)18(19)20)15-7-3-4-14-16-8-9-17-14/h5-6,8-10,15H,2-4,7H2,1H3,(H,16,17). The highest BCUT2D eigenvalue weighted by Crippen LogP contribution is 2.30. The Morgan fingerprint density at radius 1 is 1.48 bits per heavy atom. The first-order chi connectivity index (χ1) is 10.2. The van der Waals surface area contributed by atoms with Crippen molar-refractivity contribution in [1.29, 1.82) is 0 Å². The van der Waals surface area contributed by atoms with Gasteiger partial charge >= 0.3 is 5.69 Å². The summed E-state index contributed by atoms with van der Waals surface area (Å²) < 4.78 is 5.31. The van der Waals surface area contributed by atoms with Gasteiger partial charge in [0.15, 0.2) is 5.75 Å². The number of nitro groups is 1. The molecular weight excluding hydrogens is 272 g/mol. The number of hydrogen-bond acceptors (Lipinski definition) is 5. The topological polar surface area (TPSA) is 93.1 Å². The van der Waals surface area contributed by atoms with Crippen molar-refractivity contribution < 1.29 is 9.66 Å². The molecule has 2 aromatic rings. The van der Waals surface area contributed by atoms with E-state index in [9.17, 15) is 10.1 Å². The summed E-state index contributed by atoms with van der Waals surface area (Å²) in [6, 6.07) is 4.81. The highest BCUT2D eigenvalue weighted by molar-refractivity contribution is 5.57. The lowest BCUT2D eigenvalue weighted by Gasteiger charge is -2.09. The highest BCUT2D eigenvalue weighted by Gasteiger charge is 2.15. The Hall–Kier alpha value is -2.57. The first-order valence-corrected chi connectivity index (χ1v) is 6.84. The molecule has 0 spiro atoms. The van der Waals surface area contributed by atoms with Crippen LogP contribution in [0.4, 0.5) is 11.4 Å². The Labute approximate surface area is 122 Å². The van der Waals surface area contributed by atoms with Gasteiger partial charge in [0, 0.05) is 43.2 Å². The molecule has 0 saturated carbocycles. The first-order valence-electron chi connectivity index (χ1n) is 6.84. The molecule has 21 heavy (non-hydrogen) atoms. The van der Waals surface area contributed by atoms with Crippen LogP contribution in [0.1, 0.15) is 19.2 Å². The van der Waals surface area contributed by atoms with Crippen LogP contribution in [0.15, 0.2) is 30.6 Å². The Bertz CT molecular complexity index is 584. The molecule has 0 bridgehead atoms. The average molecular weight is 290 g/mol. The third kappa shape index (κ3) is 4.20. The summed E-state index contributed by atoms with van der Waals surface area (Å²) in [6.45, 7) is 2.94. The number of nitrogens with zero attached hydrogens (tertiary/aromatic N) is 2. The van der Waals surface area contributed by atoms with Crippen molar-refractivity contribution >= 4 is 11.4 Å². The summed E-state index contributed by atoms with van der Waals surface area (Å²) in [4.78, 5) is 17.7. The van der Waals surface area contributed by atoms with Gasteiger partial charge in [-0.25, -0.2) is 4.98 Å². The fraction of sp³-hybridized carbons (Fsp3) is 0.357. The molecule has 0 amide bonds. The number of nitro benzene ring substituents is 1. The third-order valence-corrected chi connectivity index (χ3v) is 2.93. The van der Waals surface area contributed by atoms with E-state index in [2.05, 4.69) is 15.3 Å². The second-order valence-corrected chi connectivity index (χ2v) is 4.44. The van der Waals surface area contributed by atoms with Crippen LogP contribution in [0.5, 0.6) is 5.75 Å². The molecule has 1 heterocycles. The van der Waals surface area contributed by atoms with E-state index in [-0.39, 0.29) is 5.69 Å². The quantitative estimate of drug-likeness (QED) is 0.443. The van der Waals surface area contributed by atoms with E-state index >= 15 is 0 Å². The van der Waals surface area contributed by atoms with Crippen molar-refractivity contribution in [2.45, 2.75) is 19.8 Å². The van der Waals surface area contributed by atoms with E-state index in [4.69, 9.17) is 4.74 Å². The number of rotatable bonds is 8. The summed E-state index contributed by atoms with van der Waals surface area (Å²) in [7, 11) is 0. The van der Waals surface area contributed by atoms with Crippen molar-refractivity contribution in [2.24, 2.45) is 0 Å². The molecule has 0 saturated heterocycles. The van der Waals surface area contributed by atoms with Gasteiger partial charge in [0.1, 0.15) is 5.82 Å². The van der Waals surface area contributed by atoms with E-state index in [0.717, 1.165) is 30.9 Å². The minimum Gasteiger partial charge on any atom is -0.487 e. The van der Waals surface area contributed by atoms with Crippen LogP contribution < -0.4 is 10.1 Å². The zero-order valence-corrected chi connectivity index (χ0v) is 11.8. The molecule has 0 fully saturated rings. The molecule has 1 aromatic carbocycles. The number of anilines is 1. The molecule has 7 heteroatoms. The molecule has 0 aliphatic rings. The van der Waals surface area contributed by atoms with Crippen molar-refractivity contribution in [2.75, 3.05) is 18.5 Å². The summed E-state index contributed by atoms with van der Waals surface area (Å²) in [5.74, 6) is 1.24. The number of imidazole rings is 1. The molecule has 1 aromatic heterocycles. The number of hydrogen-bond donors (Lipinski definition) is 2.